The highest BCUT2D eigenvalue weighted by atomic mass is 35.5. The van der Waals surface area contributed by atoms with Gasteiger partial charge in [0.25, 0.3) is 5.91 Å². The maximum atomic E-state index is 12.9. The topological polar surface area (TPSA) is 73.0 Å². The van der Waals surface area contributed by atoms with Crippen LogP contribution in [0.1, 0.15) is 34.8 Å². The predicted molar refractivity (Wildman–Crippen MR) is 94.8 cm³/mol. The molecule has 0 aliphatic carbocycles. The van der Waals surface area contributed by atoms with E-state index in [4.69, 9.17) is 16.1 Å². The van der Waals surface area contributed by atoms with Gasteiger partial charge >= 0.3 is 0 Å². The Labute approximate surface area is 149 Å². The van der Waals surface area contributed by atoms with Gasteiger partial charge in [-0.25, -0.2) is 4.98 Å². The fourth-order valence-electron chi connectivity index (χ4n) is 3.17. The molecule has 1 aliphatic rings. The standard InChI is InChI=1S/C18H17ClN4O2/c1-11-16(17(22-25-11)12-6-2-3-7-13(12)19)18(24)21-15-10-20-14-8-4-5-9-23(14)15/h2-3,6-7,10H,4-5,8-9H2,1H3,(H,21,24). The van der Waals surface area contributed by atoms with Crippen LogP contribution < -0.4 is 5.32 Å². The second kappa shape index (κ2) is 6.37. The van der Waals surface area contributed by atoms with Gasteiger partial charge < -0.3 is 14.4 Å². The van der Waals surface area contributed by atoms with E-state index in [1.165, 1.54) is 0 Å². The van der Waals surface area contributed by atoms with E-state index < -0.39 is 0 Å². The normalized spacial score (nSPS) is 13.5. The number of hydrogen-bond donors (Lipinski definition) is 1. The van der Waals surface area contributed by atoms with Crippen LogP contribution in [0.3, 0.4) is 0 Å². The third-order valence-corrected chi connectivity index (χ3v) is 4.76. The van der Waals surface area contributed by atoms with Gasteiger partial charge in [0.1, 0.15) is 28.7 Å². The molecule has 0 atom stereocenters. The first-order valence-corrected chi connectivity index (χ1v) is 8.60. The minimum absolute atomic E-state index is 0.276. The molecule has 0 saturated heterocycles. The molecule has 128 valence electrons. The number of aromatic nitrogens is 3. The van der Waals surface area contributed by atoms with Gasteiger partial charge in [0.2, 0.25) is 0 Å². The molecule has 2 aromatic heterocycles. The highest BCUT2D eigenvalue weighted by Gasteiger charge is 2.24. The summed E-state index contributed by atoms with van der Waals surface area (Å²) in [6, 6.07) is 7.25. The van der Waals surface area contributed by atoms with Crippen LogP contribution in [0, 0.1) is 6.92 Å². The summed E-state index contributed by atoms with van der Waals surface area (Å²) >= 11 is 6.25. The number of carbonyl (C=O) groups is 1. The second-order valence-electron chi connectivity index (χ2n) is 6.06. The first-order chi connectivity index (χ1) is 12.1. The highest BCUT2D eigenvalue weighted by molar-refractivity contribution is 6.33. The number of rotatable bonds is 3. The van der Waals surface area contributed by atoms with E-state index in [2.05, 4.69) is 20.0 Å². The molecule has 6 nitrogen and oxygen atoms in total. The molecule has 25 heavy (non-hydrogen) atoms. The number of aryl methyl sites for hydroxylation is 2. The van der Waals surface area contributed by atoms with E-state index >= 15 is 0 Å². The first-order valence-electron chi connectivity index (χ1n) is 8.22. The van der Waals surface area contributed by atoms with Crippen molar-refractivity contribution in [2.24, 2.45) is 0 Å². The van der Waals surface area contributed by atoms with Crippen molar-refractivity contribution in [3.8, 4) is 11.3 Å². The molecular formula is C18H17ClN4O2. The van der Waals surface area contributed by atoms with Gasteiger partial charge in [-0.15, -0.1) is 0 Å². The fraction of sp³-hybridized carbons (Fsp3) is 0.278. The van der Waals surface area contributed by atoms with Crippen LogP contribution in [0.2, 0.25) is 5.02 Å². The van der Waals surface area contributed by atoms with Gasteiger partial charge in [0.15, 0.2) is 0 Å². The highest BCUT2D eigenvalue weighted by Crippen LogP contribution is 2.31. The van der Waals surface area contributed by atoms with Gasteiger partial charge in [0, 0.05) is 18.5 Å². The van der Waals surface area contributed by atoms with Crippen molar-refractivity contribution in [2.45, 2.75) is 32.7 Å². The maximum Gasteiger partial charge on any atom is 0.262 e. The SMILES string of the molecule is Cc1onc(-c2ccccc2Cl)c1C(=O)Nc1cnc2n1CCCC2. The Balaban J connectivity index is 1.69. The third-order valence-electron chi connectivity index (χ3n) is 4.43. The maximum absolute atomic E-state index is 12.9. The third kappa shape index (κ3) is 2.82. The zero-order valence-corrected chi connectivity index (χ0v) is 14.5. The lowest BCUT2D eigenvalue weighted by atomic mass is 10.1. The van der Waals surface area contributed by atoms with Crippen LogP contribution in [-0.2, 0) is 13.0 Å². The van der Waals surface area contributed by atoms with Crippen molar-refractivity contribution in [3.63, 3.8) is 0 Å². The number of hydrogen-bond acceptors (Lipinski definition) is 4. The number of anilines is 1. The lowest BCUT2D eigenvalue weighted by Gasteiger charge is -2.16. The van der Waals surface area contributed by atoms with Gasteiger partial charge in [-0.05, 0) is 25.8 Å². The monoisotopic (exact) mass is 356 g/mol. The summed E-state index contributed by atoms with van der Waals surface area (Å²) in [5, 5.41) is 7.50. The van der Waals surface area contributed by atoms with Crippen molar-refractivity contribution < 1.29 is 9.32 Å². The number of imidazole rings is 1. The Morgan fingerprint density at radius 3 is 3.00 bits per heavy atom. The number of nitrogens with zero attached hydrogens (tertiary/aromatic N) is 3. The molecule has 0 spiro atoms. The molecule has 1 aromatic carbocycles. The zero-order chi connectivity index (χ0) is 17.4. The first kappa shape index (κ1) is 15.9. The summed E-state index contributed by atoms with van der Waals surface area (Å²) in [6.45, 7) is 2.58. The van der Waals surface area contributed by atoms with Gasteiger partial charge in [0.05, 0.1) is 11.2 Å². The van der Waals surface area contributed by atoms with Crippen molar-refractivity contribution in [1.29, 1.82) is 0 Å². The molecule has 3 heterocycles. The van der Waals surface area contributed by atoms with Crippen molar-refractivity contribution in [1.82, 2.24) is 14.7 Å². The van der Waals surface area contributed by atoms with Crippen LogP contribution in [0.4, 0.5) is 5.82 Å². The molecule has 0 unspecified atom stereocenters. The molecule has 0 fully saturated rings. The number of benzene rings is 1. The summed E-state index contributed by atoms with van der Waals surface area (Å²) in [5.41, 5.74) is 1.50. The summed E-state index contributed by atoms with van der Waals surface area (Å²) in [4.78, 5) is 17.3. The Hall–Kier alpha value is -2.60. The van der Waals surface area contributed by atoms with Gasteiger partial charge in [-0.2, -0.15) is 0 Å². The van der Waals surface area contributed by atoms with E-state index in [0.717, 1.165) is 31.6 Å². The van der Waals surface area contributed by atoms with Gasteiger partial charge in [-0.3, -0.25) is 4.79 Å². The zero-order valence-electron chi connectivity index (χ0n) is 13.8. The van der Waals surface area contributed by atoms with Gasteiger partial charge in [-0.1, -0.05) is 35.0 Å². The van der Waals surface area contributed by atoms with Crippen LogP contribution >= 0.6 is 11.6 Å². The predicted octanol–water partition coefficient (Wildman–Crippen LogP) is 4.09. The molecule has 1 N–H and O–H groups in total. The summed E-state index contributed by atoms with van der Waals surface area (Å²) in [6.07, 6.45) is 4.86. The minimum atomic E-state index is -0.276. The molecule has 0 radical (unpaired) electrons. The average Bonchev–Trinajstić information content (AvgIpc) is 3.19. The molecule has 7 heteroatoms. The van der Waals surface area contributed by atoms with E-state index in [9.17, 15) is 4.79 Å². The van der Waals surface area contributed by atoms with Crippen molar-refractivity contribution in [3.05, 3.63) is 52.6 Å². The quantitative estimate of drug-likeness (QED) is 0.767. The number of fused-ring (bicyclic) bond motifs is 1. The number of nitrogens with one attached hydrogen (secondary N) is 1. The minimum Gasteiger partial charge on any atom is -0.360 e. The Kier molecular flexibility index (Phi) is 4.05. The Morgan fingerprint density at radius 2 is 2.16 bits per heavy atom. The lowest BCUT2D eigenvalue weighted by molar-refractivity contribution is 0.102. The van der Waals surface area contributed by atoms with Crippen LogP contribution in [0.15, 0.2) is 35.0 Å². The van der Waals surface area contributed by atoms with E-state index in [0.29, 0.717) is 33.4 Å². The molecule has 1 aliphatic heterocycles. The Morgan fingerprint density at radius 1 is 1.32 bits per heavy atom. The molecule has 4 rings (SSSR count). The lowest BCUT2D eigenvalue weighted by Crippen LogP contribution is -2.19. The van der Waals surface area contributed by atoms with Crippen LogP contribution in [0.25, 0.3) is 11.3 Å². The molecule has 1 amide bonds. The van der Waals surface area contributed by atoms with Crippen LogP contribution in [-0.4, -0.2) is 20.6 Å². The van der Waals surface area contributed by atoms with E-state index in [1.54, 1.807) is 19.2 Å². The molecule has 0 bridgehead atoms. The van der Waals surface area contributed by atoms with Crippen molar-refractivity contribution >= 4 is 23.3 Å². The fourth-order valence-corrected chi connectivity index (χ4v) is 3.40. The number of carbonyl (C=O) groups excluding carboxylic acids is 1. The van der Waals surface area contributed by atoms with Crippen molar-refractivity contribution in [2.75, 3.05) is 5.32 Å². The average molecular weight is 357 g/mol. The Bertz CT molecular complexity index is 944. The second-order valence-corrected chi connectivity index (χ2v) is 6.47. The summed E-state index contributed by atoms with van der Waals surface area (Å²) in [5.74, 6) is 1.88. The molecular weight excluding hydrogens is 340 g/mol. The largest absolute Gasteiger partial charge is 0.360 e. The van der Waals surface area contributed by atoms with Crippen LogP contribution in [0.5, 0.6) is 0 Å². The smallest absolute Gasteiger partial charge is 0.262 e. The number of halogens is 1. The molecule has 0 saturated carbocycles. The van der Waals surface area contributed by atoms with E-state index in [-0.39, 0.29) is 5.91 Å². The molecule has 3 aromatic rings. The van der Waals surface area contributed by atoms with E-state index in [1.807, 2.05) is 18.2 Å². The summed E-state index contributed by atoms with van der Waals surface area (Å²) in [7, 11) is 0. The number of amides is 1. The summed E-state index contributed by atoms with van der Waals surface area (Å²) < 4.78 is 7.32.